The molecule has 0 saturated carbocycles. The number of carbonyl (C=O) groups excluding carboxylic acids is 2. The number of carbonyl (C=O) groups is 2. The lowest BCUT2D eigenvalue weighted by Crippen LogP contribution is -2.31. The molecule has 0 aromatic carbocycles. The van der Waals surface area contributed by atoms with Crippen molar-refractivity contribution in [1.82, 2.24) is 20.3 Å². The SMILES string of the molecule is CC(C)NC(=O)Cc1csc(NC(=O)c2ncccn2)n1. The monoisotopic (exact) mass is 305 g/mol. The van der Waals surface area contributed by atoms with E-state index in [-0.39, 0.29) is 24.2 Å². The Labute approximate surface area is 125 Å². The zero-order chi connectivity index (χ0) is 15.2. The van der Waals surface area contributed by atoms with E-state index in [9.17, 15) is 9.59 Å². The fourth-order valence-electron chi connectivity index (χ4n) is 1.55. The van der Waals surface area contributed by atoms with Gasteiger partial charge in [-0.1, -0.05) is 0 Å². The highest BCUT2D eigenvalue weighted by Crippen LogP contribution is 2.16. The summed E-state index contributed by atoms with van der Waals surface area (Å²) in [7, 11) is 0. The molecule has 0 aliphatic heterocycles. The molecule has 2 aromatic heterocycles. The summed E-state index contributed by atoms with van der Waals surface area (Å²) in [5.74, 6) is -0.450. The Kier molecular flexibility index (Phi) is 4.94. The van der Waals surface area contributed by atoms with Crippen LogP contribution in [0.25, 0.3) is 0 Å². The molecule has 7 nitrogen and oxygen atoms in total. The lowest BCUT2D eigenvalue weighted by molar-refractivity contribution is -0.120. The van der Waals surface area contributed by atoms with Gasteiger partial charge in [0.05, 0.1) is 12.1 Å². The van der Waals surface area contributed by atoms with Crippen LogP contribution >= 0.6 is 11.3 Å². The molecule has 0 spiro atoms. The van der Waals surface area contributed by atoms with E-state index in [1.807, 2.05) is 13.8 Å². The van der Waals surface area contributed by atoms with E-state index in [1.54, 1.807) is 11.4 Å². The number of hydrogen-bond acceptors (Lipinski definition) is 6. The zero-order valence-corrected chi connectivity index (χ0v) is 12.5. The number of amides is 2. The van der Waals surface area contributed by atoms with Gasteiger partial charge < -0.3 is 5.32 Å². The number of nitrogens with zero attached hydrogens (tertiary/aromatic N) is 3. The summed E-state index contributed by atoms with van der Waals surface area (Å²) in [6.07, 6.45) is 3.17. The molecular formula is C13H15N5O2S. The first-order chi connectivity index (χ1) is 10.0. The highest BCUT2D eigenvalue weighted by Gasteiger charge is 2.12. The minimum absolute atomic E-state index is 0.0757. The minimum Gasteiger partial charge on any atom is -0.354 e. The zero-order valence-electron chi connectivity index (χ0n) is 11.7. The number of thiazole rings is 1. The third kappa shape index (κ3) is 4.60. The molecule has 0 fully saturated rings. The van der Waals surface area contributed by atoms with E-state index in [4.69, 9.17) is 0 Å². The Morgan fingerprint density at radius 2 is 2.00 bits per heavy atom. The van der Waals surface area contributed by atoms with E-state index in [2.05, 4.69) is 25.6 Å². The van der Waals surface area contributed by atoms with Gasteiger partial charge in [0.15, 0.2) is 5.13 Å². The highest BCUT2D eigenvalue weighted by molar-refractivity contribution is 7.14. The van der Waals surface area contributed by atoms with Crippen LogP contribution in [-0.2, 0) is 11.2 Å². The molecular weight excluding hydrogens is 290 g/mol. The number of aromatic nitrogens is 3. The van der Waals surface area contributed by atoms with Crippen LogP contribution in [0.5, 0.6) is 0 Å². The molecule has 0 bridgehead atoms. The minimum atomic E-state index is -0.428. The van der Waals surface area contributed by atoms with E-state index in [0.717, 1.165) is 0 Å². The van der Waals surface area contributed by atoms with Crippen molar-refractivity contribution in [3.05, 3.63) is 35.4 Å². The summed E-state index contributed by atoms with van der Waals surface area (Å²) in [5, 5.41) is 7.54. The lowest BCUT2D eigenvalue weighted by Gasteiger charge is -2.06. The average molecular weight is 305 g/mol. The van der Waals surface area contributed by atoms with Gasteiger partial charge >= 0.3 is 0 Å². The second-order valence-corrected chi connectivity index (χ2v) is 5.43. The fraction of sp³-hybridized carbons (Fsp3) is 0.308. The molecule has 8 heteroatoms. The molecule has 0 aliphatic carbocycles. The van der Waals surface area contributed by atoms with Crippen molar-refractivity contribution in [3.8, 4) is 0 Å². The topological polar surface area (TPSA) is 96.9 Å². The molecule has 0 unspecified atom stereocenters. The maximum absolute atomic E-state index is 11.8. The lowest BCUT2D eigenvalue weighted by atomic mass is 10.3. The second-order valence-electron chi connectivity index (χ2n) is 4.57. The van der Waals surface area contributed by atoms with Crippen molar-refractivity contribution in [2.45, 2.75) is 26.3 Å². The van der Waals surface area contributed by atoms with Crippen molar-refractivity contribution in [3.63, 3.8) is 0 Å². The van der Waals surface area contributed by atoms with E-state index in [0.29, 0.717) is 10.8 Å². The Morgan fingerprint density at radius 1 is 1.29 bits per heavy atom. The second kappa shape index (κ2) is 6.89. The van der Waals surface area contributed by atoms with E-state index < -0.39 is 5.91 Å². The summed E-state index contributed by atoms with van der Waals surface area (Å²) >= 11 is 1.25. The summed E-state index contributed by atoms with van der Waals surface area (Å²) < 4.78 is 0. The van der Waals surface area contributed by atoms with Crippen LogP contribution in [0.4, 0.5) is 5.13 Å². The van der Waals surface area contributed by atoms with Gasteiger partial charge in [-0.2, -0.15) is 0 Å². The molecule has 2 N–H and O–H groups in total. The van der Waals surface area contributed by atoms with Crippen molar-refractivity contribution in [2.24, 2.45) is 0 Å². The Hall–Kier alpha value is -2.35. The van der Waals surface area contributed by atoms with Crippen LogP contribution in [0.1, 0.15) is 30.2 Å². The summed E-state index contributed by atoms with van der Waals surface area (Å²) in [6.45, 7) is 3.79. The largest absolute Gasteiger partial charge is 0.354 e. The molecule has 21 heavy (non-hydrogen) atoms. The fourth-order valence-corrected chi connectivity index (χ4v) is 2.26. The third-order valence-electron chi connectivity index (χ3n) is 2.33. The van der Waals surface area contributed by atoms with Crippen LogP contribution in [0.15, 0.2) is 23.8 Å². The standard InChI is InChI=1S/C13H15N5O2S/c1-8(2)16-10(19)6-9-7-21-13(17-9)18-12(20)11-14-4-3-5-15-11/h3-5,7-8H,6H2,1-2H3,(H,16,19)(H,17,18,20). The van der Waals surface area contributed by atoms with Gasteiger partial charge in [0.2, 0.25) is 11.7 Å². The van der Waals surface area contributed by atoms with Crippen molar-refractivity contribution in [2.75, 3.05) is 5.32 Å². The maximum Gasteiger partial charge on any atom is 0.295 e. The van der Waals surface area contributed by atoms with Crippen LogP contribution in [0, 0.1) is 0 Å². The molecule has 2 rings (SSSR count). The van der Waals surface area contributed by atoms with Crippen LogP contribution in [0.3, 0.4) is 0 Å². The van der Waals surface area contributed by atoms with Gasteiger partial charge in [0.1, 0.15) is 0 Å². The highest BCUT2D eigenvalue weighted by atomic mass is 32.1. The molecule has 0 radical (unpaired) electrons. The maximum atomic E-state index is 11.8. The van der Waals surface area contributed by atoms with Gasteiger partial charge in [-0.15, -0.1) is 11.3 Å². The molecule has 2 heterocycles. The first-order valence-corrected chi connectivity index (χ1v) is 7.24. The average Bonchev–Trinajstić information content (AvgIpc) is 2.85. The number of anilines is 1. The summed E-state index contributed by atoms with van der Waals surface area (Å²) in [5.41, 5.74) is 0.613. The van der Waals surface area contributed by atoms with Gasteiger partial charge in [0.25, 0.3) is 5.91 Å². The first-order valence-electron chi connectivity index (χ1n) is 6.36. The van der Waals surface area contributed by atoms with E-state index in [1.165, 1.54) is 23.7 Å². The Morgan fingerprint density at radius 3 is 2.67 bits per heavy atom. The number of rotatable bonds is 5. The number of hydrogen-bond donors (Lipinski definition) is 2. The molecule has 0 saturated heterocycles. The molecule has 2 aromatic rings. The predicted molar refractivity (Wildman–Crippen MR) is 79.1 cm³/mol. The Balaban J connectivity index is 1.94. The van der Waals surface area contributed by atoms with Gasteiger partial charge in [-0.25, -0.2) is 15.0 Å². The van der Waals surface area contributed by atoms with Gasteiger partial charge in [-0.3, -0.25) is 14.9 Å². The van der Waals surface area contributed by atoms with Crippen LogP contribution in [-0.4, -0.2) is 32.8 Å². The molecule has 0 atom stereocenters. The normalized spacial score (nSPS) is 10.4. The predicted octanol–water partition coefficient (Wildman–Crippen LogP) is 1.25. The first kappa shape index (κ1) is 15.0. The molecule has 110 valence electrons. The van der Waals surface area contributed by atoms with Crippen LogP contribution in [0.2, 0.25) is 0 Å². The summed E-state index contributed by atoms with van der Waals surface area (Å²) in [6, 6.07) is 1.72. The third-order valence-corrected chi connectivity index (χ3v) is 3.14. The molecule has 2 amide bonds. The van der Waals surface area contributed by atoms with E-state index >= 15 is 0 Å². The van der Waals surface area contributed by atoms with Gasteiger partial charge in [-0.05, 0) is 19.9 Å². The van der Waals surface area contributed by atoms with Crippen molar-refractivity contribution in [1.29, 1.82) is 0 Å². The van der Waals surface area contributed by atoms with Gasteiger partial charge in [0, 0.05) is 23.8 Å². The Bertz CT molecular complexity index is 627. The summed E-state index contributed by atoms with van der Waals surface area (Å²) in [4.78, 5) is 35.4. The smallest absolute Gasteiger partial charge is 0.295 e. The van der Waals surface area contributed by atoms with Crippen molar-refractivity contribution < 1.29 is 9.59 Å². The van der Waals surface area contributed by atoms with Crippen LogP contribution < -0.4 is 10.6 Å². The van der Waals surface area contributed by atoms with Crippen molar-refractivity contribution >= 4 is 28.3 Å². The molecule has 0 aliphatic rings. The number of nitrogens with one attached hydrogen (secondary N) is 2. The quantitative estimate of drug-likeness (QED) is 0.866.